The van der Waals surface area contributed by atoms with Crippen LogP contribution in [0.5, 0.6) is 5.75 Å². The quantitative estimate of drug-likeness (QED) is 0.853. The largest absolute Gasteiger partial charge is 0.573 e. The van der Waals surface area contributed by atoms with Crippen LogP contribution in [0.15, 0.2) is 24.3 Å². The van der Waals surface area contributed by atoms with Crippen LogP contribution in [-0.4, -0.2) is 42.1 Å². The Hall–Kier alpha value is -2.29. The maximum Gasteiger partial charge on any atom is 0.573 e. The molecule has 0 saturated carbocycles. The lowest BCUT2D eigenvalue weighted by atomic mass is 9.98. The zero-order chi connectivity index (χ0) is 17.1. The standard InChI is InChI=1S/C14H14F3NO5/c15-14(16,17)23-10-3-1-9(2-4-10)7-11(19)18-13(12(20)21)5-6-22-8-13/h1-4H,5-8H2,(H,18,19)(H,20,21). The topological polar surface area (TPSA) is 84.9 Å². The summed E-state index contributed by atoms with van der Waals surface area (Å²) in [6.07, 6.45) is -4.79. The monoisotopic (exact) mass is 333 g/mol. The van der Waals surface area contributed by atoms with Crippen molar-refractivity contribution in [2.75, 3.05) is 13.2 Å². The molecule has 0 radical (unpaired) electrons. The highest BCUT2D eigenvalue weighted by atomic mass is 19.4. The summed E-state index contributed by atoms with van der Waals surface area (Å²) in [6, 6.07) is 4.78. The van der Waals surface area contributed by atoms with Crippen LogP contribution in [0.4, 0.5) is 13.2 Å². The number of amides is 1. The minimum atomic E-state index is -4.78. The van der Waals surface area contributed by atoms with E-state index in [1.54, 1.807) is 0 Å². The van der Waals surface area contributed by atoms with Crippen LogP contribution in [0.3, 0.4) is 0 Å². The SMILES string of the molecule is O=C(Cc1ccc(OC(F)(F)F)cc1)NC1(C(=O)O)CCOC1. The third-order valence-corrected chi connectivity index (χ3v) is 3.33. The Morgan fingerprint density at radius 3 is 2.43 bits per heavy atom. The number of nitrogens with one attached hydrogen (secondary N) is 1. The Morgan fingerprint density at radius 1 is 1.30 bits per heavy atom. The fourth-order valence-corrected chi connectivity index (χ4v) is 2.19. The molecule has 1 heterocycles. The lowest BCUT2D eigenvalue weighted by Crippen LogP contribution is -2.55. The highest BCUT2D eigenvalue weighted by Crippen LogP contribution is 2.23. The van der Waals surface area contributed by atoms with E-state index in [-0.39, 0.29) is 26.1 Å². The molecule has 2 rings (SSSR count). The molecule has 0 aliphatic carbocycles. The summed E-state index contributed by atoms with van der Waals surface area (Å²) in [5.41, 5.74) is -1.02. The van der Waals surface area contributed by atoms with Crippen LogP contribution >= 0.6 is 0 Å². The molecule has 1 atom stereocenters. The number of hydrogen-bond donors (Lipinski definition) is 2. The maximum absolute atomic E-state index is 12.0. The van der Waals surface area contributed by atoms with E-state index in [0.717, 1.165) is 12.1 Å². The summed E-state index contributed by atoms with van der Waals surface area (Å²) in [7, 11) is 0. The Morgan fingerprint density at radius 2 is 1.96 bits per heavy atom. The average Bonchev–Trinajstić information content (AvgIpc) is 2.89. The van der Waals surface area contributed by atoms with Gasteiger partial charge in [-0.15, -0.1) is 13.2 Å². The first-order chi connectivity index (χ1) is 10.7. The molecule has 1 aromatic carbocycles. The molecule has 9 heteroatoms. The van der Waals surface area contributed by atoms with Crippen LogP contribution in [0, 0.1) is 0 Å². The molecule has 1 unspecified atom stereocenters. The van der Waals surface area contributed by atoms with Gasteiger partial charge in [0.2, 0.25) is 5.91 Å². The molecular formula is C14H14F3NO5. The Bertz CT molecular complexity index is 579. The zero-order valence-electron chi connectivity index (χ0n) is 11.9. The number of ether oxygens (including phenoxy) is 2. The summed E-state index contributed by atoms with van der Waals surface area (Å²) in [4.78, 5) is 23.2. The van der Waals surface area contributed by atoms with Gasteiger partial charge in [0.25, 0.3) is 0 Å². The van der Waals surface area contributed by atoms with E-state index < -0.39 is 29.5 Å². The van der Waals surface area contributed by atoms with E-state index in [9.17, 15) is 27.9 Å². The average molecular weight is 333 g/mol. The lowest BCUT2D eigenvalue weighted by Gasteiger charge is -2.23. The molecule has 1 amide bonds. The highest BCUT2D eigenvalue weighted by molar-refractivity contribution is 5.88. The van der Waals surface area contributed by atoms with Crippen molar-refractivity contribution in [2.24, 2.45) is 0 Å². The molecule has 1 saturated heterocycles. The molecule has 23 heavy (non-hydrogen) atoms. The highest BCUT2D eigenvalue weighted by Gasteiger charge is 2.43. The molecule has 1 aromatic rings. The predicted octanol–water partition coefficient (Wildman–Crippen LogP) is 1.49. The van der Waals surface area contributed by atoms with Crippen molar-refractivity contribution in [1.82, 2.24) is 5.32 Å². The van der Waals surface area contributed by atoms with E-state index in [2.05, 4.69) is 10.1 Å². The molecule has 1 aliphatic rings. The minimum absolute atomic E-state index is 0.119. The molecule has 1 fully saturated rings. The number of halogens is 3. The fraction of sp³-hybridized carbons (Fsp3) is 0.429. The van der Waals surface area contributed by atoms with Crippen molar-refractivity contribution in [1.29, 1.82) is 0 Å². The molecule has 126 valence electrons. The predicted molar refractivity (Wildman–Crippen MR) is 70.8 cm³/mol. The van der Waals surface area contributed by atoms with Gasteiger partial charge in [-0.2, -0.15) is 0 Å². The van der Waals surface area contributed by atoms with Gasteiger partial charge in [0, 0.05) is 13.0 Å². The number of alkyl halides is 3. The number of benzene rings is 1. The third kappa shape index (κ3) is 4.59. The second-order valence-corrected chi connectivity index (χ2v) is 5.11. The first-order valence-corrected chi connectivity index (χ1v) is 6.67. The van der Waals surface area contributed by atoms with Crippen LogP contribution in [0.25, 0.3) is 0 Å². The number of carbonyl (C=O) groups is 2. The number of carboxylic acid groups (broad SMARTS) is 1. The van der Waals surface area contributed by atoms with Gasteiger partial charge >= 0.3 is 12.3 Å². The van der Waals surface area contributed by atoms with Gasteiger partial charge in [-0.05, 0) is 17.7 Å². The molecule has 0 spiro atoms. The minimum Gasteiger partial charge on any atom is -0.479 e. The van der Waals surface area contributed by atoms with Gasteiger partial charge < -0.3 is 19.9 Å². The molecule has 6 nitrogen and oxygen atoms in total. The molecule has 0 aromatic heterocycles. The Balaban J connectivity index is 1.96. The van der Waals surface area contributed by atoms with Gasteiger partial charge in [-0.3, -0.25) is 4.79 Å². The lowest BCUT2D eigenvalue weighted by molar-refractivity contribution is -0.274. The first-order valence-electron chi connectivity index (χ1n) is 6.67. The van der Waals surface area contributed by atoms with E-state index in [0.29, 0.717) is 5.56 Å². The van der Waals surface area contributed by atoms with Crippen molar-refractivity contribution in [3.05, 3.63) is 29.8 Å². The number of hydrogen-bond acceptors (Lipinski definition) is 4. The van der Waals surface area contributed by atoms with Crippen molar-refractivity contribution in [3.8, 4) is 5.75 Å². The fourth-order valence-electron chi connectivity index (χ4n) is 2.19. The Kier molecular flexibility index (Phi) is 4.79. The third-order valence-electron chi connectivity index (χ3n) is 3.33. The molecule has 2 N–H and O–H groups in total. The number of carboxylic acids is 1. The van der Waals surface area contributed by atoms with Gasteiger partial charge in [-0.1, -0.05) is 12.1 Å². The Labute approximate surface area is 129 Å². The normalized spacial score (nSPS) is 21.0. The summed E-state index contributed by atoms with van der Waals surface area (Å²) in [5, 5.41) is 11.6. The second-order valence-electron chi connectivity index (χ2n) is 5.11. The van der Waals surface area contributed by atoms with E-state index in [1.165, 1.54) is 12.1 Å². The molecule has 0 bridgehead atoms. The van der Waals surface area contributed by atoms with Gasteiger partial charge in [0.1, 0.15) is 5.75 Å². The van der Waals surface area contributed by atoms with E-state index in [1.807, 2.05) is 0 Å². The van der Waals surface area contributed by atoms with Crippen LogP contribution < -0.4 is 10.1 Å². The van der Waals surface area contributed by atoms with Crippen molar-refractivity contribution in [2.45, 2.75) is 24.7 Å². The maximum atomic E-state index is 12.0. The second kappa shape index (κ2) is 6.45. The van der Waals surface area contributed by atoms with Crippen molar-refractivity contribution >= 4 is 11.9 Å². The summed E-state index contributed by atoms with van der Waals surface area (Å²) in [5.74, 6) is -2.13. The number of aliphatic carboxylic acids is 1. The van der Waals surface area contributed by atoms with Crippen LogP contribution in [0.1, 0.15) is 12.0 Å². The summed E-state index contributed by atoms with van der Waals surface area (Å²) < 4.78 is 44.9. The van der Waals surface area contributed by atoms with Gasteiger partial charge in [0.05, 0.1) is 13.0 Å². The number of carbonyl (C=O) groups excluding carboxylic acids is 1. The van der Waals surface area contributed by atoms with E-state index in [4.69, 9.17) is 4.74 Å². The zero-order valence-corrected chi connectivity index (χ0v) is 11.9. The van der Waals surface area contributed by atoms with Gasteiger partial charge in [-0.25, -0.2) is 4.79 Å². The van der Waals surface area contributed by atoms with Crippen LogP contribution in [0.2, 0.25) is 0 Å². The summed E-state index contributed by atoms with van der Waals surface area (Å²) in [6.45, 7) is 0.114. The van der Waals surface area contributed by atoms with Gasteiger partial charge in [0.15, 0.2) is 5.54 Å². The first kappa shape index (κ1) is 17.1. The molecule has 1 aliphatic heterocycles. The smallest absolute Gasteiger partial charge is 0.479 e. The van der Waals surface area contributed by atoms with Crippen molar-refractivity contribution in [3.63, 3.8) is 0 Å². The molecular weight excluding hydrogens is 319 g/mol. The number of rotatable bonds is 5. The van der Waals surface area contributed by atoms with Crippen molar-refractivity contribution < 1.29 is 37.3 Å². The summed E-state index contributed by atoms with van der Waals surface area (Å²) >= 11 is 0. The van der Waals surface area contributed by atoms with Crippen LogP contribution in [-0.2, 0) is 20.7 Å². The van der Waals surface area contributed by atoms with E-state index >= 15 is 0 Å².